The normalized spacial score (nSPS) is 20.9. The highest BCUT2D eigenvalue weighted by molar-refractivity contribution is 6.00. The molecule has 0 aromatic heterocycles. The molecule has 1 fully saturated rings. The van der Waals surface area contributed by atoms with Gasteiger partial charge in [-0.1, -0.05) is 73.9 Å². The molecule has 3 aromatic rings. The fourth-order valence-corrected chi connectivity index (χ4v) is 6.51. The predicted molar refractivity (Wildman–Crippen MR) is 136 cm³/mol. The maximum absolute atomic E-state index is 4.71. The first-order chi connectivity index (χ1) is 16.4. The maximum atomic E-state index is 4.71. The van der Waals surface area contributed by atoms with E-state index in [2.05, 4.69) is 73.1 Å². The van der Waals surface area contributed by atoms with E-state index in [1.165, 1.54) is 75.3 Å². The molecule has 0 saturated heterocycles. The second-order valence-corrected chi connectivity index (χ2v) is 10.1. The molecule has 1 radical (unpaired) electrons. The quantitative estimate of drug-likeness (QED) is 0.528. The molecule has 1 heterocycles. The van der Waals surface area contributed by atoms with E-state index in [1.807, 2.05) is 6.07 Å². The Balaban J connectivity index is 1.53. The number of nitrogens with zero attached hydrogens (tertiary/aromatic N) is 1. The second-order valence-electron chi connectivity index (χ2n) is 10.1. The van der Waals surface area contributed by atoms with Gasteiger partial charge in [-0.05, 0) is 91.9 Å². The zero-order valence-electron chi connectivity index (χ0n) is 19.0. The van der Waals surface area contributed by atoms with Crippen LogP contribution in [-0.2, 0) is 19.3 Å². The predicted octanol–water partition coefficient (Wildman–Crippen LogP) is 5.29. The smallest absolute Gasteiger partial charge is 0.0345 e. The van der Waals surface area contributed by atoms with Gasteiger partial charge in [-0.3, -0.25) is 4.99 Å². The average molecular weight is 427 g/mol. The topological polar surface area (TPSA) is 12.4 Å². The molecule has 1 aliphatic heterocycles. The standard InChI is InChI=1S/C32H28N/c1-3-10-25-22(6-1)12-13-28-27(25)14-15-29-30(28)18-24(21-8-5-9-21)19-31(29)32-20-33-17-16-23-7-2-4-11-26(23)32/h1-3,6-7,10-12,14-15,17,20-21,24H,5,8-9,13,16,18-19H2. The minimum absolute atomic E-state index is 0.745. The van der Waals surface area contributed by atoms with Crippen LogP contribution in [0.3, 0.4) is 0 Å². The monoisotopic (exact) mass is 426 g/mol. The van der Waals surface area contributed by atoms with E-state index < -0.39 is 0 Å². The van der Waals surface area contributed by atoms with Gasteiger partial charge in [0.05, 0.1) is 0 Å². The van der Waals surface area contributed by atoms with E-state index in [-0.39, 0.29) is 0 Å². The van der Waals surface area contributed by atoms with Crippen molar-refractivity contribution in [3.63, 3.8) is 0 Å². The lowest BCUT2D eigenvalue weighted by atomic mass is 9.67. The van der Waals surface area contributed by atoms with Crippen molar-refractivity contribution in [2.75, 3.05) is 0 Å². The number of rotatable bonds is 2. The molecule has 0 spiro atoms. The van der Waals surface area contributed by atoms with Crippen molar-refractivity contribution in [3.05, 3.63) is 110 Å². The highest BCUT2D eigenvalue weighted by Gasteiger charge is 2.33. The number of benzene rings is 3. The largest absolute Gasteiger partial charge is 0.268 e. The lowest BCUT2D eigenvalue weighted by molar-refractivity contribution is 0.205. The summed E-state index contributed by atoms with van der Waals surface area (Å²) in [5, 5.41) is 5.69. The van der Waals surface area contributed by atoms with Crippen LogP contribution >= 0.6 is 0 Å². The van der Waals surface area contributed by atoms with Crippen LogP contribution in [0, 0.1) is 28.3 Å². The Labute approximate surface area is 195 Å². The van der Waals surface area contributed by atoms with Gasteiger partial charge in [0.1, 0.15) is 0 Å². The van der Waals surface area contributed by atoms with Crippen molar-refractivity contribution >= 4 is 23.4 Å². The zero-order chi connectivity index (χ0) is 21.8. The molecule has 1 saturated carbocycles. The first-order valence-corrected chi connectivity index (χ1v) is 12.5. The number of aliphatic imine (C=N–C) groups is 1. The Kier molecular flexibility index (Phi) is 4.50. The summed E-state index contributed by atoms with van der Waals surface area (Å²) in [6, 6.07) is 23.5. The number of hydrogen-bond acceptors (Lipinski definition) is 1. The van der Waals surface area contributed by atoms with Gasteiger partial charge in [-0.2, -0.15) is 0 Å². The molecule has 0 N–H and O–H groups in total. The summed E-state index contributed by atoms with van der Waals surface area (Å²) >= 11 is 0. The Morgan fingerprint density at radius 1 is 0.818 bits per heavy atom. The third kappa shape index (κ3) is 3.09. The number of hydrogen-bond donors (Lipinski definition) is 0. The zero-order valence-corrected chi connectivity index (χ0v) is 19.0. The lowest BCUT2D eigenvalue weighted by Crippen LogP contribution is -2.33. The average Bonchev–Trinajstić information content (AvgIpc) is 3.05. The van der Waals surface area contributed by atoms with Crippen LogP contribution in [0.5, 0.6) is 0 Å². The Morgan fingerprint density at radius 3 is 2.64 bits per heavy atom. The summed E-state index contributed by atoms with van der Waals surface area (Å²) in [7, 11) is 0. The molecule has 4 aliphatic rings. The molecular weight excluding hydrogens is 398 g/mol. The molecule has 33 heavy (non-hydrogen) atoms. The van der Waals surface area contributed by atoms with E-state index in [1.54, 1.807) is 11.1 Å². The first kappa shape index (κ1) is 19.3. The Hall–Kier alpha value is -3.19. The van der Waals surface area contributed by atoms with E-state index in [0.29, 0.717) is 0 Å². The van der Waals surface area contributed by atoms with Crippen molar-refractivity contribution in [2.45, 2.75) is 44.9 Å². The van der Waals surface area contributed by atoms with Crippen LogP contribution in [-0.4, -0.2) is 6.21 Å². The van der Waals surface area contributed by atoms with Crippen molar-refractivity contribution in [2.24, 2.45) is 16.8 Å². The van der Waals surface area contributed by atoms with Crippen molar-refractivity contribution < 1.29 is 0 Å². The van der Waals surface area contributed by atoms with Crippen molar-refractivity contribution in [1.82, 2.24) is 0 Å². The van der Waals surface area contributed by atoms with Crippen LogP contribution in [0.15, 0.2) is 65.8 Å². The van der Waals surface area contributed by atoms with E-state index in [0.717, 1.165) is 24.7 Å². The molecule has 1 unspecified atom stereocenters. The molecule has 1 atom stereocenters. The fourth-order valence-electron chi connectivity index (χ4n) is 6.51. The third-order valence-electron chi connectivity index (χ3n) is 8.47. The highest BCUT2D eigenvalue weighted by atomic mass is 14.7. The van der Waals surface area contributed by atoms with E-state index in [4.69, 9.17) is 4.99 Å². The Bertz CT molecular complexity index is 1550. The van der Waals surface area contributed by atoms with Crippen molar-refractivity contribution in [3.8, 4) is 0 Å². The molecule has 161 valence electrons. The molecule has 0 bridgehead atoms. The van der Waals surface area contributed by atoms with Gasteiger partial charge in [0, 0.05) is 24.4 Å². The highest BCUT2D eigenvalue weighted by Crippen LogP contribution is 2.43. The van der Waals surface area contributed by atoms with E-state index >= 15 is 0 Å². The second kappa shape index (κ2) is 7.70. The summed E-state index contributed by atoms with van der Waals surface area (Å²) in [6.07, 6.45) is 15.2. The summed E-state index contributed by atoms with van der Waals surface area (Å²) in [5.41, 5.74) is 8.68. The van der Waals surface area contributed by atoms with Crippen LogP contribution < -0.4 is 10.4 Å². The molecule has 1 heteroatoms. The van der Waals surface area contributed by atoms with Crippen LogP contribution in [0.2, 0.25) is 0 Å². The van der Waals surface area contributed by atoms with Gasteiger partial charge in [-0.25, -0.2) is 0 Å². The summed E-state index contributed by atoms with van der Waals surface area (Å²) in [5.74, 6) is 1.62. The van der Waals surface area contributed by atoms with Crippen LogP contribution in [0.25, 0.3) is 17.2 Å². The van der Waals surface area contributed by atoms with Gasteiger partial charge in [0.15, 0.2) is 0 Å². The fraction of sp³-hybridized carbons (Fsp3) is 0.281. The minimum Gasteiger partial charge on any atom is -0.268 e. The maximum Gasteiger partial charge on any atom is 0.0345 e. The first-order valence-electron chi connectivity index (χ1n) is 12.5. The van der Waals surface area contributed by atoms with Gasteiger partial charge < -0.3 is 0 Å². The molecule has 3 aromatic carbocycles. The molecule has 3 aliphatic carbocycles. The van der Waals surface area contributed by atoms with E-state index in [9.17, 15) is 0 Å². The molecule has 1 nitrogen and oxygen atoms in total. The molecule has 0 amide bonds. The van der Waals surface area contributed by atoms with Gasteiger partial charge in [-0.15, -0.1) is 0 Å². The van der Waals surface area contributed by atoms with Crippen molar-refractivity contribution in [1.29, 1.82) is 0 Å². The van der Waals surface area contributed by atoms with Crippen LogP contribution in [0.4, 0.5) is 0 Å². The van der Waals surface area contributed by atoms with Gasteiger partial charge in [0.2, 0.25) is 0 Å². The van der Waals surface area contributed by atoms with Crippen LogP contribution in [0.1, 0.15) is 47.9 Å². The Morgan fingerprint density at radius 2 is 1.73 bits per heavy atom. The minimum atomic E-state index is 0.745. The number of allylic oxidation sites excluding steroid dienone is 1. The van der Waals surface area contributed by atoms with Gasteiger partial charge in [0.25, 0.3) is 0 Å². The summed E-state index contributed by atoms with van der Waals surface area (Å²) in [4.78, 5) is 4.71. The number of fused-ring (bicyclic) bond motifs is 5. The summed E-state index contributed by atoms with van der Waals surface area (Å²) in [6.45, 7) is 0. The van der Waals surface area contributed by atoms with Gasteiger partial charge >= 0.3 is 0 Å². The third-order valence-corrected chi connectivity index (χ3v) is 8.47. The summed E-state index contributed by atoms with van der Waals surface area (Å²) < 4.78 is 0. The molecular formula is C32H28N. The lowest BCUT2D eigenvalue weighted by Gasteiger charge is -2.38. The SMILES string of the molecule is [c]1ccc2c(c1)C(C1=c3ccc4c(c3CC(C3CCC3)C1)CC=c1ccccc1=4)=CN=CC2. The molecule has 7 rings (SSSR count).